The zero-order chi connectivity index (χ0) is 18.2. The minimum absolute atomic E-state index is 0.0859. The quantitative estimate of drug-likeness (QED) is 0.795. The van der Waals surface area contributed by atoms with Crippen LogP contribution in [0.2, 0.25) is 5.02 Å². The van der Waals surface area contributed by atoms with E-state index >= 15 is 0 Å². The molecule has 0 aromatic heterocycles. The zero-order valence-electron chi connectivity index (χ0n) is 14.1. The second kappa shape index (κ2) is 9.05. The Bertz CT molecular complexity index is 735. The van der Waals surface area contributed by atoms with Crippen LogP contribution in [0.4, 0.5) is 11.4 Å². The van der Waals surface area contributed by atoms with E-state index in [-0.39, 0.29) is 24.9 Å². The van der Waals surface area contributed by atoms with E-state index in [1.807, 2.05) is 0 Å². The molecule has 6 nitrogen and oxygen atoms in total. The molecule has 132 valence electrons. The maximum atomic E-state index is 12.0. The molecule has 0 bridgehead atoms. The molecular formula is C18H20ClN3O3. The average Bonchev–Trinajstić information content (AvgIpc) is 2.55. The molecule has 2 amide bonds. The van der Waals surface area contributed by atoms with Gasteiger partial charge in [0.15, 0.2) is 0 Å². The van der Waals surface area contributed by atoms with E-state index in [1.54, 1.807) is 67.6 Å². The number of likely N-dealkylation sites (N-methyl/N-ethyl adjacent to an activating group) is 1. The number of halogens is 1. The lowest BCUT2D eigenvalue weighted by molar-refractivity contribution is -0.119. The summed E-state index contributed by atoms with van der Waals surface area (Å²) in [5.74, 6) is 0.290. The van der Waals surface area contributed by atoms with E-state index in [9.17, 15) is 9.59 Å². The van der Waals surface area contributed by atoms with Crippen LogP contribution in [-0.4, -0.2) is 44.0 Å². The Morgan fingerprint density at radius 2 is 1.60 bits per heavy atom. The highest BCUT2D eigenvalue weighted by molar-refractivity contribution is 6.30. The molecule has 0 atom stereocenters. The summed E-state index contributed by atoms with van der Waals surface area (Å²) in [7, 11) is 3.28. The van der Waals surface area contributed by atoms with Crippen molar-refractivity contribution >= 4 is 34.8 Å². The second-order valence-electron chi connectivity index (χ2n) is 5.51. The lowest BCUT2D eigenvalue weighted by Gasteiger charge is -2.16. The Labute approximate surface area is 151 Å². The van der Waals surface area contributed by atoms with Crippen LogP contribution >= 0.6 is 11.6 Å². The Kier molecular flexibility index (Phi) is 6.80. The molecule has 0 saturated heterocycles. The number of amides is 2. The molecule has 0 radical (unpaired) electrons. The van der Waals surface area contributed by atoms with E-state index in [1.165, 1.54) is 0 Å². The molecule has 0 fully saturated rings. The van der Waals surface area contributed by atoms with Gasteiger partial charge in [-0.3, -0.25) is 14.5 Å². The Morgan fingerprint density at radius 3 is 2.16 bits per heavy atom. The van der Waals surface area contributed by atoms with Crippen molar-refractivity contribution in [2.45, 2.75) is 0 Å². The summed E-state index contributed by atoms with van der Waals surface area (Å²) >= 11 is 5.88. The van der Waals surface area contributed by atoms with Crippen molar-refractivity contribution < 1.29 is 14.3 Å². The third-order valence-corrected chi connectivity index (χ3v) is 3.54. The Balaban J connectivity index is 1.79. The van der Waals surface area contributed by atoms with E-state index in [0.29, 0.717) is 22.1 Å². The molecule has 0 aliphatic heterocycles. The van der Waals surface area contributed by atoms with Crippen LogP contribution in [0.3, 0.4) is 0 Å². The highest BCUT2D eigenvalue weighted by Gasteiger charge is 2.11. The van der Waals surface area contributed by atoms with Gasteiger partial charge < -0.3 is 15.4 Å². The van der Waals surface area contributed by atoms with Crippen molar-refractivity contribution in [1.29, 1.82) is 0 Å². The number of methoxy groups -OCH3 is 1. The van der Waals surface area contributed by atoms with Gasteiger partial charge in [-0.05, 0) is 49.5 Å². The number of rotatable bonds is 7. The van der Waals surface area contributed by atoms with Crippen LogP contribution in [0.15, 0.2) is 48.5 Å². The Morgan fingerprint density at radius 1 is 1.00 bits per heavy atom. The van der Waals surface area contributed by atoms with Gasteiger partial charge >= 0.3 is 0 Å². The van der Waals surface area contributed by atoms with Gasteiger partial charge in [-0.2, -0.15) is 0 Å². The maximum Gasteiger partial charge on any atom is 0.238 e. The zero-order valence-corrected chi connectivity index (χ0v) is 14.8. The monoisotopic (exact) mass is 361 g/mol. The minimum atomic E-state index is -0.220. The lowest BCUT2D eigenvalue weighted by atomic mass is 10.3. The van der Waals surface area contributed by atoms with Gasteiger partial charge in [-0.1, -0.05) is 17.7 Å². The fraction of sp³-hybridized carbons (Fsp3) is 0.222. The largest absolute Gasteiger partial charge is 0.497 e. The lowest BCUT2D eigenvalue weighted by Crippen LogP contribution is -2.36. The SMILES string of the molecule is COc1ccc(NC(=O)CN(C)CC(=O)Nc2cccc(Cl)c2)cc1. The summed E-state index contributed by atoms with van der Waals surface area (Å²) in [5.41, 5.74) is 1.29. The molecule has 2 aromatic carbocycles. The normalized spacial score (nSPS) is 10.4. The van der Waals surface area contributed by atoms with Gasteiger partial charge in [0, 0.05) is 16.4 Å². The molecule has 2 aromatic rings. The predicted octanol–water partition coefficient (Wildman–Crippen LogP) is 2.86. The molecule has 0 aliphatic carbocycles. The van der Waals surface area contributed by atoms with Gasteiger partial charge in [0.05, 0.1) is 20.2 Å². The summed E-state index contributed by atoms with van der Waals surface area (Å²) in [5, 5.41) is 6.05. The first-order chi connectivity index (χ1) is 12.0. The number of ether oxygens (including phenoxy) is 1. The third-order valence-electron chi connectivity index (χ3n) is 3.31. The number of carbonyl (C=O) groups excluding carboxylic acids is 2. The number of hydrogen-bond acceptors (Lipinski definition) is 4. The molecule has 0 aliphatic rings. The number of nitrogens with zero attached hydrogens (tertiary/aromatic N) is 1. The van der Waals surface area contributed by atoms with Crippen molar-refractivity contribution in [3.05, 3.63) is 53.6 Å². The van der Waals surface area contributed by atoms with E-state index in [0.717, 1.165) is 0 Å². The molecule has 0 saturated carbocycles. The Hall–Kier alpha value is -2.57. The van der Waals surface area contributed by atoms with Crippen molar-refractivity contribution in [3.63, 3.8) is 0 Å². The molecule has 0 unspecified atom stereocenters. The van der Waals surface area contributed by atoms with Crippen molar-refractivity contribution in [2.24, 2.45) is 0 Å². The summed E-state index contributed by atoms with van der Waals surface area (Å²) < 4.78 is 5.07. The number of carbonyl (C=O) groups is 2. The number of anilines is 2. The highest BCUT2D eigenvalue weighted by atomic mass is 35.5. The second-order valence-corrected chi connectivity index (χ2v) is 5.94. The number of nitrogens with one attached hydrogen (secondary N) is 2. The third kappa shape index (κ3) is 6.45. The molecular weight excluding hydrogens is 342 g/mol. The van der Waals surface area contributed by atoms with Crippen molar-refractivity contribution in [2.75, 3.05) is 37.9 Å². The van der Waals surface area contributed by atoms with Gasteiger partial charge in [0.1, 0.15) is 5.75 Å². The smallest absolute Gasteiger partial charge is 0.238 e. The molecule has 2 rings (SSSR count). The topological polar surface area (TPSA) is 70.7 Å². The molecule has 0 heterocycles. The molecule has 0 spiro atoms. The van der Waals surface area contributed by atoms with Gasteiger partial charge in [0.25, 0.3) is 0 Å². The average molecular weight is 362 g/mol. The van der Waals surface area contributed by atoms with Crippen molar-refractivity contribution in [1.82, 2.24) is 4.90 Å². The number of benzene rings is 2. The van der Waals surface area contributed by atoms with Crippen LogP contribution in [0.25, 0.3) is 0 Å². The summed E-state index contributed by atoms with van der Waals surface area (Å²) in [6.07, 6.45) is 0. The fourth-order valence-electron chi connectivity index (χ4n) is 2.19. The van der Waals surface area contributed by atoms with Crippen molar-refractivity contribution in [3.8, 4) is 5.75 Å². The molecule has 7 heteroatoms. The first-order valence-corrected chi connectivity index (χ1v) is 8.02. The van der Waals surface area contributed by atoms with Gasteiger partial charge in [0.2, 0.25) is 11.8 Å². The van der Waals surface area contributed by atoms with Crippen LogP contribution in [0, 0.1) is 0 Å². The summed E-state index contributed by atoms with van der Waals surface area (Å²) in [6, 6.07) is 13.9. The highest BCUT2D eigenvalue weighted by Crippen LogP contribution is 2.15. The fourth-order valence-corrected chi connectivity index (χ4v) is 2.38. The van der Waals surface area contributed by atoms with Gasteiger partial charge in [-0.25, -0.2) is 0 Å². The standard InChI is InChI=1S/C18H20ClN3O3/c1-22(12-18(24)21-15-5-3-4-13(19)10-15)11-17(23)20-14-6-8-16(25-2)9-7-14/h3-10H,11-12H2,1-2H3,(H,20,23)(H,21,24). The van der Waals surface area contributed by atoms with Crippen LogP contribution < -0.4 is 15.4 Å². The minimum Gasteiger partial charge on any atom is -0.497 e. The first-order valence-electron chi connectivity index (χ1n) is 7.64. The summed E-state index contributed by atoms with van der Waals surface area (Å²) in [4.78, 5) is 25.7. The number of hydrogen-bond donors (Lipinski definition) is 2. The first kappa shape index (κ1) is 18.8. The van der Waals surface area contributed by atoms with Crippen LogP contribution in [-0.2, 0) is 9.59 Å². The van der Waals surface area contributed by atoms with Gasteiger partial charge in [-0.15, -0.1) is 0 Å². The summed E-state index contributed by atoms with van der Waals surface area (Å²) in [6.45, 7) is 0.178. The van der Waals surface area contributed by atoms with E-state index in [4.69, 9.17) is 16.3 Å². The van der Waals surface area contributed by atoms with E-state index < -0.39 is 0 Å². The van der Waals surface area contributed by atoms with E-state index in [2.05, 4.69) is 10.6 Å². The maximum absolute atomic E-state index is 12.0. The van der Waals surface area contributed by atoms with Crippen LogP contribution in [0.1, 0.15) is 0 Å². The molecule has 2 N–H and O–H groups in total. The predicted molar refractivity (Wildman–Crippen MR) is 99.2 cm³/mol. The van der Waals surface area contributed by atoms with Crippen LogP contribution in [0.5, 0.6) is 5.75 Å². The molecule has 25 heavy (non-hydrogen) atoms.